The van der Waals surface area contributed by atoms with Gasteiger partial charge in [-0.1, -0.05) is 176 Å². The van der Waals surface area contributed by atoms with Crippen molar-refractivity contribution in [2.24, 2.45) is 0 Å². The molecule has 16 rings (SSSR count). The van der Waals surface area contributed by atoms with Crippen LogP contribution in [0.1, 0.15) is 44.5 Å². The van der Waals surface area contributed by atoms with Crippen molar-refractivity contribution in [3.05, 3.63) is 293 Å². The third-order valence-corrected chi connectivity index (χ3v) is 16.0. The Balaban J connectivity index is 0.942. The summed E-state index contributed by atoms with van der Waals surface area (Å²) in [6, 6.07) is 90.2. The van der Waals surface area contributed by atoms with Gasteiger partial charge in [0, 0.05) is 50.1 Å². The van der Waals surface area contributed by atoms with Gasteiger partial charge in [0.05, 0.1) is 10.8 Å². The van der Waals surface area contributed by atoms with E-state index in [9.17, 15) is 0 Å². The number of hydrogen-bond donors (Lipinski definition) is 0. The number of fused-ring (bicyclic) bond motifs is 21. The van der Waals surface area contributed by atoms with Crippen LogP contribution in [-0.4, -0.2) is 0 Å². The summed E-state index contributed by atoms with van der Waals surface area (Å²) in [5.41, 5.74) is 20.4. The van der Waals surface area contributed by atoms with Crippen LogP contribution in [0.5, 0.6) is 23.0 Å². The first kappa shape index (κ1) is 39.5. The lowest BCUT2D eigenvalue weighted by molar-refractivity contribution is 0.436. The summed E-state index contributed by atoms with van der Waals surface area (Å²) in [5.74, 6) is 3.51. The molecular formula is C68H41NO3. The molecule has 0 amide bonds. The van der Waals surface area contributed by atoms with Crippen LogP contribution in [0.25, 0.3) is 55.3 Å². The first-order valence-electron chi connectivity index (χ1n) is 24.7. The lowest BCUT2D eigenvalue weighted by atomic mass is 9.66. The summed E-state index contributed by atoms with van der Waals surface area (Å²) in [4.78, 5) is 2.45. The highest BCUT2D eigenvalue weighted by atomic mass is 16.5. The predicted molar refractivity (Wildman–Crippen MR) is 289 cm³/mol. The lowest BCUT2D eigenvalue weighted by Crippen LogP contribution is -2.32. The minimum Gasteiger partial charge on any atom is -0.457 e. The zero-order chi connectivity index (χ0) is 47.1. The van der Waals surface area contributed by atoms with Gasteiger partial charge in [-0.15, -0.1) is 0 Å². The monoisotopic (exact) mass is 919 g/mol. The number of anilines is 3. The quantitative estimate of drug-likeness (QED) is 0.176. The number of hydrogen-bond acceptors (Lipinski definition) is 4. The Kier molecular flexibility index (Phi) is 7.99. The van der Waals surface area contributed by atoms with Gasteiger partial charge in [0.25, 0.3) is 0 Å². The molecule has 0 atom stereocenters. The minimum atomic E-state index is -0.623. The summed E-state index contributed by atoms with van der Waals surface area (Å²) in [5, 5.41) is 2.24. The number of benzene rings is 11. The Bertz CT molecular complexity index is 4170. The summed E-state index contributed by atoms with van der Waals surface area (Å²) < 4.78 is 19.8. The third-order valence-electron chi connectivity index (χ3n) is 16.0. The van der Waals surface area contributed by atoms with Crippen LogP contribution in [0.15, 0.2) is 253 Å². The van der Waals surface area contributed by atoms with Crippen LogP contribution < -0.4 is 14.4 Å². The summed E-state index contributed by atoms with van der Waals surface area (Å²) in [7, 11) is 0. The standard InChI is InChI=1S/C68H41NO3/c1-4-20-52-47(16-1)49-38-36-45(41-59(49)68(52)57-24-8-13-29-63(57)72-64-30-14-9-25-58(64)68)69(43-34-32-42(33-35-43)46-19-15-31-65-66(46)50-18-3-10-26-60(50)70-65)44-37-39-54-51(40-44)48-17-2-5-21-53(48)67(54)55-22-6-11-27-61(55)71-62-28-12-7-23-56(62)67/h1-41H. The van der Waals surface area contributed by atoms with Crippen molar-refractivity contribution in [3.63, 3.8) is 0 Å². The number of furan rings is 1. The molecule has 4 nitrogen and oxygen atoms in total. The van der Waals surface area contributed by atoms with E-state index in [1.54, 1.807) is 0 Å². The fraction of sp³-hybridized carbons (Fsp3) is 0.0294. The largest absolute Gasteiger partial charge is 0.457 e. The van der Waals surface area contributed by atoms with Gasteiger partial charge in [0.15, 0.2) is 0 Å². The molecule has 3 heterocycles. The third kappa shape index (κ3) is 5.10. The van der Waals surface area contributed by atoms with Crippen LogP contribution in [-0.2, 0) is 10.8 Å². The van der Waals surface area contributed by atoms with Crippen molar-refractivity contribution in [2.45, 2.75) is 10.8 Å². The molecule has 2 aliphatic heterocycles. The Labute approximate surface area is 416 Å². The number of rotatable bonds is 4. The fourth-order valence-corrected chi connectivity index (χ4v) is 13.2. The average molecular weight is 920 g/mol. The van der Waals surface area contributed by atoms with Crippen LogP contribution in [0, 0.1) is 0 Å². The highest BCUT2D eigenvalue weighted by Crippen LogP contribution is 2.65. The van der Waals surface area contributed by atoms with Crippen LogP contribution in [0.2, 0.25) is 0 Å². The minimum absolute atomic E-state index is 0.573. The molecule has 11 aromatic carbocycles. The first-order chi connectivity index (χ1) is 35.7. The first-order valence-corrected chi connectivity index (χ1v) is 24.7. The zero-order valence-electron chi connectivity index (χ0n) is 38.8. The second-order valence-corrected chi connectivity index (χ2v) is 19.4. The van der Waals surface area contributed by atoms with E-state index in [-0.39, 0.29) is 0 Å². The molecule has 4 heteroatoms. The molecule has 0 fully saturated rings. The molecule has 0 N–H and O–H groups in total. The molecule has 0 unspecified atom stereocenters. The smallest absolute Gasteiger partial charge is 0.136 e. The predicted octanol–water partition coefficient (Wildman–Crippen LogP) is 17.7. The summed E-state index contributed by atoms with van der Waals surface area (Å²) in [6.07, 6.45) is 0. The lowest BCUT2D eigenvalue weighted by Gasteiger charge is -2.40. The molecular weight excluding hydrogens is 879 g/mol. The molecule has 4 aliphatic rings. The molecule has 0 bridgehead atoms. The molecule has 12 aromatic rings. The second-order valence-electron chi connectivity index (χ2n) is 19.4. The van der Waals surface area contributed by atoms with Gasteiger partial charge in [0.1, 0.15) is 34.2 Å². The molecule has 72 heavy (non-hydrogen) atoms. The summed E-state index contributed by atoms with van der Waals surface area (Å²) in [6.45, 7) is 0. The van der Waals surface area contributed by atoms with E-state index in [4.69, 9.17) is 13.9 Å². The van der Waals surface area contributed by atoms with Crippen molar-refractivity contribution < 1.29 is 13.9 Å². The highest BCUT2D eigenvalue weighted by Gasteiger charge is 2.53. The van der Waals surface area contributed by atoms with E-state index >= 15 is 0 Å². The van der Waals surface area contributed by atoms with Gasteiger partial charge in [-0.2, -0.15) is 0 Å². The van der Waals surface area contributed by atoms with Crippen molar-refractivity contribution >= 4 is 39.0 Å². The van der Waals surface area contributed by atoms with Gasteiger partial charge in [-0.3, -0.25) is 0 Å². The maximum Gasteiger partial charge on any atom is 0.136 e. The maximum absolute atomic E-state index is 6.74. The number of nitrogens with zero attached hydrogens (tertiary/aromatic N) is 1. The second kappa shape index (κ2) is 14.6. The Hall–Kier alpha value is -9.38. The van der Waals surface area contributed by atoms with E-state index in [1.165, 1.54) is 44.5 Å². The van der Waals surface area contributed by atoms with Gasteiger partial charge in [0.2, 0.25) is 0 Å². The van der Waals surface area contributed by atoms with Crippen molar-refractivity contribution in [1.82, 2.24) is 0 Å². The van der Waals surface area contributed by atoms with E-state index in [2.05, 4.69) is 241 Å². The average Bonchev–Trinajstić information content (AvgIpc) is 4.06. The SMILES string of the molecule is c1ccc2c(c1)Oc1ccccc1C21c2ccccc2-c2cc(N(c3ccc(-c4cccc5oc6ccccc6c45)cc3)c3ccc4c(c3)C3(c5ccccc5Oc5ccccc53)c3ccccc3-4)ccc21. The van der Waals surface area contributed by atoms with Gasteiger partial charge < -0.3 is 18.8 Å². The zero-order valence-corrected chi connectivity index (χ0v) is 38.8. The van der Waals surface area contributed by atoms with Crippen LogP contribution >= 0.6 is 0 Å². The van der Waals surface area contributed by atoms with E-state index in [0.717, 1.165) is 95.4 Å². The molecule has 1 aromatic heterocycles. The molecule has 2 spiro atoms. The Morgan fingerprint density at radius 3 is 1.33 bits per heavy atom. The van der Waals surface area contributed by atoms with Crippen LogP contribution in [0.4, 0.5) is 17.1 Å². The van der Waals surface area contributed by atoms with E-state index in [1.807, 2.05) is 12.1 Å². The van der Waals surface area contributed by atoms with Crippen LogP contribution in [0.3, 0.4) is 0 Å². The van der Waals surface area contributed by atoms with Gasteiger partial charge >= 0.3 is 0 Å². The summed E-state index contributed by atoms with van der Waals surface area (Å²) >= 11 is 0. The van der Waals surface area contributed by atoms with Gasteiger partial charge in [-0.05, 0) is 128 Å². The van der Waals surface area contributed by atoms with Gasteiger partial charge in [-0.25, -0.2) is 0 Å². The fourth-order valence-electron chi connectivity index (χ4n) is 13.2. The molecule has 0 saturated carbocycles. The molecule has 2 aliphatic carbocycles. The van der Waals surface area contributed by atoms with E-state index in [0.29, 0.717) is 0 Å². The normalized spacial score (nSPS) is 14.3. The van der Waals surface area contributed by atoms with Crippen molar-refractivity contribution in [3.8, 4) is 56.4 Å². The Morgan fingerprint density at radius 1 is 0.278 bits per heavy atom. The molecule has 336 valence electrons. The topological polar surface area (TPSA) is 34.8 Å². The molecule has 0 radical (unpaired) electrons. The highest BCUT2D eigenvalue weighted by molar-refractivity contribution is 6.12. The van der Waals surface area contributed by atoms with Crippen molar-refractivity contribution in [2.75, 3.05) is 4.90 Å². The maximum atomic E-state index is 6.74. The van der Waals surface area contributed by atoms with E-state index < -0.39 is 10.8 Å². The molecule has 0 saturated heterocycles. The Morgan fingerprint density at radius 2 is 0.708 bits per heavy atom. The number of ether oxygens (including phenoxy) is 2. The number of para-hydroxylation sites is 5. The van der Waals surface area contributed by atoms with Crippen molar-refractivity contribution in [1.29, 1.82) is 0 Å².